The van der Waals surface area contributed by atoms with E-state index in [4.69, 9.17) is 5.14 Å². The normalized spacial score (nSPS) is 13.8. The number of carbonyl (C=O) groups excluding carboxylic acids is 1. The highest BCUT2D eigenvalue weighted by atomic mass is 32.2. The average Bonchev–Trinajstić information content (AvgIpc) is 3.02. The molecule has 11 heteroatoms. The fourth-order valence-electron chi connectivity index (χ4n) is 3.14. The average molecular weight is 495 g/mol. The van der Waals surface area contributed by atoms with E-state index in [1.807, 2.05) is 6.92 Å². The number of anilines is 1. The van der Waals surface area contributed by atoms with E-state index >= 15 is 0 Å². The molecule has 4 N–H and O–H groups in total. The molecule has 0 unspecified atom stereocenters. The first kappa shape index (κ1) is 24.4. The highest BCUT2D eigenvalue weighted by Crippen LogP contribution is 2.31. The van der Waals surface area contributed by atoms with Gasteiger partial charge in [0.05, 0.1) is 15.5 Å². The number of aromatic nitrogens is 2. The third kappa shape index (κ3) is 5.58. The summed E-state index contributed by atoms with van der Waals surface area (Å²) in [6.07, 6.45) is 1.87. The number of aryl methyl sites for hydroxylation is 1. The fourth-order valence-corrected chi connectivity index (χ4v) is 5.57. The van der Waals surface area contributed by atoms with Crippen LogP contribution in [0.4, 0.5) is 5.69 Å². The Kier molecular flexibility index (Phi) is 7.43. The maximum absolute atomic E-state index is 12.8. The van der Waals surface area contributed by atoms with Crippen LogP contribution in [0.5, 0.6) is 0 Å². The Labute approximate surface area is 195 Å². The fraction of sp³-hybridized carbons (Fsp3) is 0.381. The molecular weight excluding hydrogens is 468 g/mol. The summed E-state index contributed by atoms with van der Waals surface area (Å²) in [7, 11) is -3.79. The van der Waals surface area contributed by atoms with Crippen molar-refractivity contribution in [3.8, 4) is 0 Å². The lowest BCUT2D eigenvalue weighted by atomic mass is 9.98. The van der Waals surface area contributed by atoms with Crippen LogP contribution in [-0.2, 0) is 21.2 Å². The molecule has 0 radical (unpaired) electrons. The van der Waals surface area contributed by atoms with Crippen molar-refractivity contribution in [3.63, 3.8) is 0 Å². The molecule has 3 rings (SSSR count). The zero-order valence-electron chi connectivity index (χ0n) is 18.3. The van der Waals surface area contributed by atoms with Crippen molar-refractivity contribution in [2.75, 3.05) is 5.32 Å². The van der Waals surface area contributed by atoms with Crippen LogP contribution in [0.15, 0.2) is 39.1 Å². The second-order valence-corrected chi connectivity index (χ2v) is 11.8. The van der Waals surface area contributed by atoms with Crippen molar-refractivity contribution in [1.29, 1.82) is 0 Å². The largest absolute Gasteiger partial charge is 0.325 e. The number of sulfonamides is 1. The second-order valence-electron chi connectivity index (χ2n) is 7.72. The Balaban J connectivity index is 1.75. The molecule has 1 aromatic carbocycles. The number of nitrogens with one attached hydrogen (secondary N) is 2. The van der Waals surface area contributed by atoms with E-state index in [0.717, 1.165) is 35.0 Å². The first-order valence-corrected chi connectivity index (χ1v) is 13.4. The number of nitrogens with two attached hydrogens (primary N) is 1. The molecule has 172 valence electrons. The van der Waals surface area contributed by atoms with E-state index in [-0.39, 0.29) is 16.4 Å². The molecule has 0 saturated carbocycles. The summed E-state index contributed by atoms with van der Waals surface area (Å²) in [6, 6.07) is 5.58. The number of nitrogens with zero attached hydrogens (tertiary/aromatic N) is 1. The quantitative estimate of drug-likeness (QED) is 0.323. The summed E-state index contributed by atoms with van der Waals surface area (Å²) < 4.78 is 22.7. The molecule has 2 atom stereocenters. The van der Waals surface area contributed by atoms with E-state index in [2.05, 4.69) is 29.1 Å². The zero-order chi connectivity index (χ0) is 23.6. The van der Waals surface area contributed by atoms with Crippen LogP contribution < -0.4 is 16.0 Å². The number of thiophene rings is 1. The Morgan fingerprint density at radius 3 is 2.53 bits per heavy atom. The van der Waals surface area contributed by atoms with Gasteiger partial charge < -0.3 is 10.3 Å². The Hall–Kier alpha value is -2.21. The molecule has 0 fully saturated rings. The highest BCUT2D eigenvalue weighted by Gasteiger charge is 2.20. The number of primary sulfonamides is 1. The summed E-state index contributed by atoms with van der Waals surface area (Å²) in [5.74, 6) is 0.170. The van der Waals surface area contributed by atoms with E-state index in [1.165, 1.54) is 35.6 Å². The third-order valence-electron chi connectivity index (χ3n) is 5.20. The predicted molar refractivity (Wildman–Crippen MR) is 130 cm³/mol. The van der Waals surface area contributed by atoms with E-state index in [1.54, 1.807) is 6.92 Å². The first-order chi connectivity index (χ1) is 15.0. The van der Waals surface area contributed by atoms with Crippen LogP contribution in [0.3, 0.4) is 0 Å². The van der Waals surface area contributed by atoms with Crippen molar-refractivity contribution in [1.82, 2.24) is 9.97 Å². The molecular formula is C21H26N4O4S3. The van der Waals surface area contributed by atoms with Crippen molar-refractivity contribution in [2.24, 2.45) is 11.1 Å². The van der Waals surface area contributed by atoms with Gasteiger partial charge >= 0.3 is 0 Å². The molecule has 8 nitrogen and oxygen atoms in total. The number of benzene rings is 1. The first-order valence-electron chi connectivity index (χ1n) is 10.1. The molecule has 0 aliphatic carbocycles. The van der Waals surface area contributed by atoms with Crippen LogP contribution in [-0.4, -0.2) is 29.5 Å². The molecule has 1 amide bonds. The molecule has 0 spiro atoms. The maximum Gasteiger partial charge on any atom is 0.260 e. The van der Waals surface area contributed by atoms with Crippen molar-refractivity contribution in [2.45, 2.75) is 55.8 Å². The summed E-state index contributed by atoms with van der Waals surface area (Å²) in [4.78, 5) is 34.5. The number of fused-ring (bicyclic) bond motifs is 1. The van der Waals surface area contributed by atoms with Gasteiger partial charge in [0.1, 0.15) is 4.83 Å². The molecule has 3 aromatic rings. The van der Waals surface area contributed by atoms with Crippen LogP contribution in [0, 0.1) is 12.8 Å². The van der Waals surface area contributed by atoms with Crippen LogP contribution in [0.25, 0.3) is 10.2 Å². The minimum atomic E-state index is -3.79. The van der Waals surface area contributed by atoms with Gasteiger partial charge in [0.15, 0.2) is 5.16 Å². The van der Waals surface area contributed by atoms with E-state index in [0.29, 0.717) is 27.0 Å². The van der Waals surface area contributed by atoms with Gasteiger partial charge in [-0.15, -0.1) is 11.3 Å². The SMILES string of the molecule is CC[C@@H](C)Cc1c(C)sc2nc(S[C@H](C)C(=O)Nc3ccc(S(N)(=O)=O)cc3)[nH]c(=O)c12. The Morgan fingerprint density at radius 1 is 1.28 bits per heavy atom. The minimum Gasteiger partial charge on any atom is -0.325 e. The monoisotopic (exact) mass is 494 g/mol. The number of H-pyrrole nitrogens is 1. The molecule has 0 aliphatic rings. The second kappa shape index (κ2) is 9.74. The number of thioether (sulfide) groups is 1. The summed E-state index contributed by atoms with van der Waals surface area (Å²) in [5.41, 5.74) is 1.31. The van der Waals surface area contributed by atoms with E-state index < -0.39 is 15.3 Å². The Morgan fingerprint density at radius 2 is 1.94 bits per heavy atom. The predicted octanol–water partition coefficient (Wildman–Crippen LogP) is 3.65. The van der Waals surface area contributed by atoms with Crippen molar-refractivity contribution < 1.29 is 13.2 Å². The lowest BCUT2D eigenvalue weighted by molar-refractivity contribution is -0.115. The molecule has 2 aromatic heterocycles. The standard InChI is InChI=1S/C21H26N4O4S3/c1-5-11(2)10-16-12(3)30-20-17(16)19(27)24-21(25-20)31-13(4)18(26)23-14-6-8-15(9-7-14)32(22,28)29/h6-9,11,13H,5,10H2,1-4H3,(H,23,26)(H2,22,28,29)(H,24,25,27)/t11-,13-/m1/s1. The number of amides is 1. The number of hydrogen-bond acceptors (Lipinski definition) is 7. The lowest BCUT2D eigenvalue weighted by Crippen LogP contribution is -2.23. The number of aromatic amines is 1. The summed E-state index contributed by atoms with van der Waals surface area (Å²) >= 11 is 2.65. The van der Waals surface area contributed by atoms with Crippen molar-refractivity contribution >= 4 is 54.9 Å². The van der Waals surface area contributed by atoms with Crippen molar-refractivity contribution in [3.05, 3.63) is 45.1 Å². The van der Waals surface area contributed by atoms with E-state index in [9.17, 15) is 18.0 Å². The molecule has 32 heavy (non-hydrogen) atoms. The van der Waals surface area contributed by atoms with Crippen LogP contribution in [0.1, 0.15) is 37.6 Å². The zero-order valence-corrected chi connectivity index (χ0v) is 20.7. The van der Waals surface area contributed by atoms with Gasteiger partial charge in [0.25, 0.3) is 5.56 Å². The number of carbonyl (C=O) groups is 1. The van der Waals surface area contributed by atoms with Crippen LogP contribution in [0.2, 0.25) is 0 Å². The molecule has 0 saturated heterocycles. The Bertz CT molecular complexity index is 1300. The van der Waals surface area contributed by atoms with Gasteiger partial charge in [-0.1, -0.05) is 32.0 Å². The van der Waals surface area contributed by atoms with Gasteiger partial charge in [-0.2, -0.15) is 0 Å². The summed E-state index contributed by atoms with van der Waals surface area (Å²) in [5, 5.41) is 8.28. The maximum atomic E-state index is 12.8. The van der Waals surface area contributed by atoms with Gasteiger partial charge in [0.2, 0.25) is 15.9 Å². The molecule has 0 bridgehead atoms. The summed E-state index contributed by atoms with van der Waals surface area (Å²) in [6.45, 7) is 8.01. The smallest absolute Gasteiger partial charge is 0.260 e. The van der Waals surface area contributed by atoms with Gasteiger partial charge in [0, 0.05) is 10.6 Å². The van der Waals surface area contributed by atoms with Gasteiger partial charge in [-0.25, -0.2) is 18.5 Å². The highest BCUT2D eigenvalue weighted by molar-refractivity contribution is 8.00. The molecule has 2 heterocycles. The lowest BCUT2D eigenvalue weighted by Gasteiger charge is -2.12. The number of hydrogen-bond donors (Lipinski definition) is 3. The number of rotatable bonds is 8. The third-order valence-corrected chi connectivity index (χ3v) is 8.15. The topological polar surface area (TPSA) is 135 Å². The minimum absolute atomic E-state index is 0.0352. The van der Waals surface area contributed by atoms with Gasteiger partial charge in [-0.05, 0) is 56.0 Å². The van der Waals surface area contributed by atoms with Gasteiger partial charge in [-0.3, -0.25) is 9.59 Å². The molecule has 0 aliphatic heterocycles. The van der Waals surface area contributed by atoms with Crippen LogP contribution >= 0.6 is 23.1 Å².